The van der Waals surface area contributed by atoms with Gasteiger partial charge < -0.3 is 9.73 Å². The van der Waals surface area contributed by atoms with E-state index in [0.717, 1.165) is 34.6 Å². The fourth-order valence-electron chi connectivity index (χ4n) is 6.82. The molecule has 0 spiro atoms. The Morgan fingerprint density at radius 1 is 1.13 bits per heavy atom. The van der Waals surface area contributed by atoms with Crippen LogP contribution in [0, 0.1) is 30.1 Å². The van der Waals surface area contributed by atoms with Gasteiger partial charge in [0.05, 0.1) is 0 Å². The summed E-state index contributed by atoms with van der Waals surface area (Å²) in [6.45, 7) is 2.03. The second-order valence-corrected chi connectivity index (χ2v) is 10.0. The third-order valence-electron chi connectivity index (χ3n) is 7.62. The molecular formula is C25H27N3O2. The number of nitrogens with one attached hydrogen (secondary N) is 1. The molecule has 1 amide bonds. The van der Waals surface area contributed by atoms with E-state index in [1.807, 2.05) is 37.3 Å². The van der Waals surface area contributed by atoms with Crippen molar-refractivity contribution in [3.05, 3.63) is 42.1 Å². The van der Waals surface area contributed by atoms with Gasteiger partial charge in [-0.1, -0.05) is 6.07 Å². The van der Waals surface area contributed by atoms with Gasteiger partial charge in [0.2, 0.25) is 11.8 Å². The molecule has 0 atom stereocenters. The van der Waals surface area contributed by atoms with Crippen molar-refractivity contribution in [2.75, 3.05) is 5.32 Å². The average molecular weight is 402 g/mol. The Kier molecular flexibility index (Phi) is 4.02. The number of hydrogen-bond donors (Lipinski definition) is 1. The number of hydrogen-bond acceptors (Lipinski definition) is 4. The lowest BCUT2D eigenvalue weighted by Gasteiger charge is -2.56. The number of carbonyl (C=O) groups is 1. The Bertz CT molecular complexity index is 1060. The molecule has 3 aromatic rings. The van der Waals surface area contributed by atoms with Gasteiger partial charge in [-0.3, -0.25) is 4.79 Å². The van der Waals surface area contributed by atoms with E-state index in [0.29, 0.717) is 23.5 Å². The second kappa shape index (κ2) is 6.66. The number of pyridine rings is 1. The van der Waals surface area contributed by atoms with Crippen LogP contribution in [0.3, 0.4) is 0 Å². The van der Waals surface area contributed by atoms with Crippen LogP contribution in [-0.4, -0.2) is 15.9 Å². The summed E-state index contributed by atoms with van der Waals surface area (Å²) in [5, 5.41) is 3.21. The van der Waals surface area contributed by atoms with E-state index in [1.165, 1.54) is 38.5 Å². The summed E-state index contributed by atoms with van der Waals surface area (Å²) in [5.74, 6) is 3.27. The van der Waals surface area contributed by atoms with E-state index in [2.05, 4.69) is 15.3 Å². The average Bonchev–Trinajstić information content (AvgIpc) is 3.12. The molecule has 5 heteroatoms. The van der Waals surface area contributed by atoms with Crippen molar-refractivity contribution < 1.29 is 9.21 Å². The maximum atomic E-state index is 13.1. The molecule has 2 heterocycles. The first-order valence-electron chi connectivity index (χ1n) is 11.2. The first-order valence-corrected chi connectivity index (χ1v) is 11.2. The normalized spacial score (nSPS) is 29.4. The lowest BCUT2D eigenvalue weighted by atomic mass is 9.49. The largest absolute Gasteiger partial charge is 0.434 e. The lowest BCUT2D eigenvalue weighted by Crippen LogP contribution is -2.47. The Balaban J connectivity index is 1.22. The number of nitrogens with zero attached hydrogens (tertiary/aromatic N) is 2. The molecular weight excluding hydrogens is 374 g/mol. The number of fused-ring (bicyclic) bond motifs is 1. The molecule has 2 aromatic heterocycles. The predicted molar refractivity (Wildman–Crippen MR) is 116 cm³/mol. The quantitative estimate of drug-likeness (QED) is 0.605. The van der Waals surface area contributed by atoms with Crippen molar-refractivity contribution in [1.82, 2.24) is 9.97 Å². The SMILES string of the molecule is Cc1ccc(-c2nc3ncccc3o2)cc1NC(=O)CC12CC3CC(CC(C3)C1)C2. The van der Waals surface area contributed by atoms with E-state index in [9.17, 15) is 4.79 Å². The van der Waals surface area contributed by atoms with Gasteiger partial charge in [-0.15, -0.1) is 0 Å². The minimum absolute atomic E-state index is 0.149. The zero-order valence-electron chi connectivity index (χ0n) is 17.4. The molecule has 4 fully saturated rings. The van der Waals surface area contributed by atoms with Gasteiger partial charge in [0.15, 0.2) is 11.2 Å². The van der Waals surface area contributed by atoms with Crippen LogP contribution in [0.2, 0.25) is 0 Å². The molecule has 0 unspecified atom stereocenters. The summed E-state index contributed by atoms with van der Waals surface area (Å²) in [6, 6.07) is 9.66. The monoisotopic (exact) mass is 401 g/mol. The topological polar surface area (TPSA) is 68.0 Å². The van der Waals surface area contributed by atoms with E-state index >= 15 is 0 Å². The highest BCUT2D eigenvalue weighted by Gasteiger charge is 2.51. The van der Waals surface area contributed by atoms with Gasteiger partial charge in [0, 0.05) is 23.9 Å². The molecule has 154 valence electrons. The number of anilines is 1. The van der Waals surface area contributed by atoms with Crippen molar-refractivity contribution in [3.63, 3.8) is 0 Å². The number of amides is 1. The predicted octanol–water partition coefficient (Wildman–Crippen LogP) is 5.74. The minimum atomic E-state index is 0.149. The van der Waals surface area contributed by atoms with Crippen LogP contribution in [0.4, 0.5) is 5.69 Å². The van der Waals surface area contributed by atoms with Crippen molar-refractivity contribution in [2.24, 2.45) is 23.2 Å². The minimum Gasteiger partial charge on any atom is -0.434 e. The molecule has 0 saturated heterocycles. The summed E-state index contributed by atoms with van der Waals surface area (Å²) in [6.07, 6.45) is 10.3. The van der Waals surface area contributed by atoms with Crippen LogP contribution in [0.5, 0.6) is 0 Å². The molecule has 4 aliphatic rings. The van der Waals surface area contributed by atoms with Crippen LogP contribution in [0.25, 0.3) is 22.7 Å². The third-order valence-corrected chi connectivity index (χ3v) is 7.62. The van der Waals surface area contributed by atoms with Gasteiger partial charge >= 0.3 is 0 Å². The molecule has 1 N–H and O–H groups in total. The van der Waals surface area contributed by atoms with Crippen LogP contribution < -0.4 is 5.32 Å². The molecule has 0 radical (unpaired) electrons. The van der Waals surface area contributed by atoms with Crippen LogP contribution in [-0.2, 0) is 4.79 Å². The maximum Gasteiger partial charge on any atom is 0.228 e. The highest BCUT2D eigenvalue weighted by Crippen LogP contribution is 2.61. The second-order valence-electron chi connectivity index (χ2n) is 10.0. The Labute approximate surface area is 176 Å². The molecule has 30 heavy (non-hydrogen) atoms. The smallest absolute Gasteiger partial charge is 0.228 e. The summed E-state index contributed by atoms with van der Waals surface area (Å²) < 4.78 is 5.86. The first-order chi connectivity index (χ1) is 14.6. The molecule has 0 aliphatic heterocycles. The Hall–Kier alpha value is -2.69. The molecule has 1 aromatic carbocycles. The standard InChI is InChI=1S/C25H27N3O2/c1-15-4-5-19(24-28-23-21(30-24)3-2-6-26-23)10-20(15)27-22(29)14-25-11-16-7-17(12-25)9-18(8-16)13-25/h2-6,10,16-18H,7-9,11-14H2,1H3,(H,27,29). The van der Waals surface area contributed by atoms with Gasteiger partial charge in [0.1, 0.15) is 0 Å². The number of aryl methyl sites for hydroxylation is 1. The van der Waals surface area contributed by atoms with E-state index in [4.69, 9.17) is 4.42 Å². The molecule has 7 rings (SSSR count). The fraction of sp³-hybridized carbons (Fsp3) is 0.480. The van der Waals surface area contributed by atoms with Gasteiger partial charge in [-0.25, -0.2) is 4.98 Å². The van der Waals surface area contributed by atoms with Gasteiger partial charge in [-0.2, -0.15) is 4.98 Å². The number of aromatic nitrogens is 2. The number of benzene rings is 1. The number of oxazole rings is 1. The summed E-state index contributed by atoms with van der Waals surface area (Å²) >= 11 is 0. The van der Waals surface area contributed by atoms with Crippen LogP contribution in [0.1, 0.15) is 50.5 Å². The first kappa shape index (κ1) is 18.1. The third kappa shape index (κ3) is 3.11. The fourth-order valence-corrected chi connectivity index (χ4v) is 6.82. The molecule has 4 bridgehead atoms. The molecule has 5 nitrogen and oxygen atoms in total. The van der Waals surface area contributed by atoms with Gasteiger partial charge in [0.25, 0.3) is 0 Å². The highest BCUT2D eigenvalue weighted by atomic mass is 16.3. The zero-order valence-corrected chi connectivity index (χ0v) is 17.4. The maximum absolute atomic E-state index is 13.1. The van der Waals surface area contributed by atoms with Crippen molar-refractivity contribution in [3.8, 4) is 11.5 Å². The van der Waals surface area contributed by atoms with Crippen LogP contribution in [0.15, 0.2) is 40.9 Å². The highest BCUT2D eigenvalue weighted by molar-refractivity contribution is 5.92. The Morgan fingerprint density at radius 3 is 2.57 bits per heavy atom. The summed E-state index contributed by atoms with van der Waals surface area (Å²) in [7, 11) is 0. The number of carbonyl (C=O) groups excluding carboxylic acids is 1. The van der Waals surface area contributed by atoms with Crippen molar-refractivity contribution >= 4 is 22.8 Å². The van der Waals surface area contributed by atoms with E-state index in [-0.39, 0.29) is 11.3 Å². The van der Waals surface area contributed by atoms with Gasteiger partial charge in [-0.05, 0) is 98.4 Å². The molecule has 4 saturated carbocycles. The van der Waals surface area contributed by atoms with E-state index in [1.54, 1.807) is 6.20 Å². The zero-order chi connectivity index (χ0) is 20.3. The molecule has 4 aliphatic carbocycles. The van der Waals surface area contributed by atoms with Crippen LogP contribution >= 0.6 is 0 Å². The number of rotatable bonds is 4. The lowest BCUT2D eigenvalue weighted by molar-refractivity contribution is -0.124. The summed E-state index contributed by atoms with van der Waals surface area (Å²) in [5.41, 5.74) is 4.25. The van der Waals surface area contributed by atoms with E-state index < -0.39 is 0 Å². The van der Waals surface area contributed by atoms with Crippen molar-refractivity contribution in [2.45, 2.75) is 51.9 Å². The summed E-state index contributed by atoms with van der Waals surface area (Å²) in [4.78, 5) is 21.8. The van der Waals surface area contributed by atoms with Crippen molar-refractivity contribution in [1.29, 1.82) is 0 Å². The Morgan fingerprint density at radius 2 is 1.87 bits per heavy atom.